The third kappa shape index (κ3) is 2.46. The second kappa shape index (κ2) is 4.84. The lowest BCUT2D eigenvalue weighted by Gasteiger charge is -2.03. The zero-order valence-electron chi connectivity index (χ0n) is 8.79. The molecule has 0 saturated heterocycles. The Morgan fingerprint density at radius 2 is 2.22 bits per heavy atom. The molecule has 2 aromatic heterocycles. The lowest BCUT2D eigenvalue weighted by atomic mass is 10.3. The van der Waals surface area contributed by atoms with Crippen LogP contribution in [0.5, 0.6) is 0 Å². The number of pyridine rings is 1. The molecular weight excluding hydrogens is 262 g/mol. The minimum absolute atomic E-state index is 0.0195. The molecule has 0 saturated carbocycles. The van der Waals surface area contributed by atoms with Crippen LogP contribution >= 0.6 is 11.6 Å². The third-order valence-corrected chi connectivity index (χ3v) is 2.22. The molecule has 0 aliphatic carbocycles. The van der Waals surface area contributed by atoms with Gasteiger partial charge in [0.25, 0.3) is 5.91 Å². The predicted molar refractivity (Wildman–Crippen MR) is 62.6 cm³/mol. The van der Waals surface area contributed by atoms with Gasteiger partial charge in [-0.05, 0) is 18.2 Å². The van der Waals surface area contributed by atoms with E-state index in [1.165, 1.54) is 24.5 Å². The van der Waals surface area contributed by atoms with Crippen LogP contribution < -0.4 is 5.32 Å². The highest BCUT2D eigenvalue weighted by Gasteiger charge is 2.19. The molecule has 2 rings (SSSR count). The number of hydrogen-bond acceptors (Lipinski definition) is 5. The second-order valence-electron chi connectivity index (χ2n) is 3.19. The molecule has 0 fully saturated rings. The van der Waals surface area contributed by atoms with Crippen molar-refractivity contribution < 1.29 is 14.1 Å². The van der Waals surface area contributed by atoms with E-state index in [2.05, 4.69) is 10.3 Å². The van der Waals surface area contributed by atoms with Gasteiger partial charge in [0, 0.05) is 6.07 Å². The fourth-order valence-corrected chi connectivity index (χ4v) is 1.39. The van der Waals surface area contributed by atoms with E-state index in [1.807, 2.05) is 0 Å². The van der Waals surface area contributed by atoms with Gasteiger partial charge in [0.15, 0.2) is 5.76 Å². The van der Waals surface area contributed by atoms with E-state index in [1.54, 1.807) is 0 Å². The summed E-state index contributed by atoms with van der Waals surface area (Å²) in [6.45, 7) is 0. The van der Waals surface area contributed by atoms with Gasteiger partial charge in [0.05, 0.1) is 11.2 Å². The Hall–Kier alpha value is -2.41. The van der Waals surface area contributed by atoms with Crippen LogP contribution in [0.15, 0.2) is 34.9 Å². The minimum atomic E-state index is -0.666. The first-order valence-electron chi connectivity index (χ1n) is 4.73. The normalized spacial score (nSPS) is 10.1. The van der Waals surface area contributed by atoms with Crippen molar-refractivity contribution in [3.05, 3.63) is 51.6 Å². The van der Waals surface area contributed by atoms with Crippen molar-refractivity contribution in [2.24, 2.45) is 0 Å². The fourth-order valence-electron chi connectivity index (χ4n) is 1.24. The Labute approximate surface area is 106 Å². The molecule has 0 aromatic carbocycles. The molecule has 1 amide bonds. The average Bonchev–Trinajstić information content (AvgIpc) is 2.81. The molecule has 1 N–H and O–H groups in total. The number of nitro groups is 1. The first kappa shape index (κ1) is 12.1. The van der Waals surface area contributed by atoms with Crippen LogP contribution in [0.4, 0.5) is 11.5 Å². The molecule has 0 aliphatic heterocycles. The van der Waals surface area contributed by atoms with Crippen molar-refractivity contribution in [1.29, 1.82) is 0 Å². The maximum atomic E-state index is 11.7. The standard InChI is InChI=1S/C10H6ClN3O4/c11-8-4-3-6(14(16)17)9(12-8)13-10(15)7-2-1-5-18-7/h1-5H,(H,12,13,15). The van der Waals surface area contributed by atoms with Crippen LogP contribution in [0.25, 0.3) is 0 Å². The first-order valence-corrected chi connectivity index (χ1v) is 5.11. The van der Waals surface area contributed by atoms with E-state index in [0.717, 1.165) is 6.07 Å². The van der Waals surface area contributed by atoms with Crippen LogP contribution in [0, 0.1) is 10.1 Å². The Bertz CT molecular complexity index is 597. The Morgan fingerprint density at radius 3 is 2.83 bits per heavy atom. The highest BCUT2D eigenvalue weighted by atomic mass is 35.5. The SMILES string of the molecule is O=C(Nc1nc(Cl)ccc1[N+](=O)[O-])c1ccco1. The number of anilines is 1. The number of aromatic nitrogens is 1. The molecule has 0 atom stereocenters. The summed E-state index contributed by atoms with van der Waals surface area (Å²) in [5.74, 6) is -0.849. The van der Waals surface area contributed by atoms with Crippen LogP contribution in [-0.2, 0) is 0 Å². The summed E-state index contributed by atoms with van der Waals surface area (Å²) in [5.41, 5.74) is -0.348. The van der Waals surface area contributed by atoms with Crippen molar-refractivity contribution in [1.82, 2.24) is 4.98 Å². The fraction of sp³-hybridized carbons (Fsp3) is 0. The van der Waals surface area contributed by atoms with E-state index < -0.39 is 10.8 Å². The van der Waals surface area contributed by atoms with Crippen LogP contribution in [0.2, 0.25) is 5.15 Å². The van der Waals surface area contributed by atoms with Crippen molar-refractivity contribution in [2.45, 2.75) is 0 Å². The van der Waals surface area contributed by atoms with Crippen LogP contribution in [0.1, 0.15) is 10.6 Å². The molecule has 0 radical (unpaired) electrons. The molecule has 0 aliphatic rings. The maximum absolute atomic E-state index is 11.7. The van der Waals surface area contributed by atoms with Gasteiger partial charge >= 0.3 is 5.69 Å². The molecule has 0 spiro atoms. The molecule has 8 heteroatoms. The van der Waals surface area contributed by atoms with Gasteiger partial charge < -0.3 is 4.42 Å². The smallest absolute Gasteiger partial charge is 0.311 e. The minimum Gasteiger partial charge on any atom is -0.459 e. The number of nitrogens with zero attached hydrogens (tertiary/aromatic N) is 2. The Kier molecular flexibility index (Phi) is 3.24. The topological polar surface area (TPSA) is 98.3 Å². The molecule has 0 unspecified atom stereocenters. The van der Waals surface area contributed by atoms with E-state index in [9.17, 15) is 14.9 Å². The second-order valence-corrected chi connectivity index (χ2v) is 3.58. The van der Waals surface area contributed by atoms with E-state index in [4.69, 9.17) is 16.0 Å². The molecule has 7 nitrogen and oxygen atoms in total. The first-order chi connectivity index (χ1) is 8.58. The number of furan rings is 1. The van der Waals surface area contributed by atoms with E-state index in [0.29, 0.717) is 0 Å². The molecule has 2 aromatic rings. The van der Waals surface area contributed by atoms with Gasteiger partial charge in [-0.3, -0.25) is 20.2 Å². The number of hydrogen-bond donors (Lipinski definition) is 1. The summed E-state index contributed by atoms with van der Waals surface area (Å²) >= 11 is 5.62. The number of rotatable bonds is 3. The highest BCUT2D eigenvalue weighted by molar-refractivity contribution is 6.29. The summed E-state index contributed by atoms with van der Waals surface area (Å²) in [6, 6.07) is 5.37. The molecule has 18 heavy (non-hydrogen) atoms. The molecule has 2 heterocycles. The van der Waals surface area contributed by atoms with Crippen molar-refractivity contribution in [2.75, 3.05) is 5.32 Å². The van der Waals surface area contributed by atoms with Gasteiger partial charge in [-0.15, -0.1) is 0 Å². The van der Waals surface area contributed by atoms with Crippen LogP contribution in [-0.4, -0.2) is 15.8 Å². The van der Waals surface area contributed by atoms with Gasteiger partial charge in [-0.2, -0.15) is 0 Å². The molecular formula is C10H6ClN3O4. The average molecular weight is 268 g/mol. The molecule has 0 bridgehead atoms. The highest BCUT2D eigenvalue weighted by Crippen LogP contribution is 2.24. The van der Waals surface area contributed by atoms with E-state index >= 15 is 0 Å². The zero-order chi connectivity index (χ0) is 13.1. The summed E-state index contributed by atoms with van der Waals surface area (Å²) in [7, 11) is 0. The predicted octanol–water partition coefficient (Wildman–Crippen LogP) is 2.49. The quantitative estimate of drug-likeness (QED) is 0.523. The van der Waals surface area contributed by atoms with E-state index in [-0.39, 0.29) is 22.4 Å². The lowest BCUT2D eigenvalue weighted by molar-refractivity contribution is -0.384. The van der Waals surface area contributed by atoms with Gasteiger partial charge in [0.2, 0.25) is 5.82 Å². The zero-order valence-corrected chi connectivity index (χ0v) is 9.55. The summed E-state index contributed by atoms with van der Waals surface area (Å²) < 4.78 is 4.86. The number of carbonyl (C=O) groups excluding carboxylic acids is 1. The number of amides is 1. The molecule has 92 valence electrons. The summed E-state index contributed by atoms with van der Waals surface area (Å²) in [5, 5.41) is 13.1. The number of nitrogens with one attached hydrogen (secondary N) is 1. The largest absolute Gasteiger partial charge is 0.459 e. The summed E-state index contributed by atoms with van der Waals surface area (Å²) in [6.07, 6.45) is 1.31. The van der Waals surface area contributed by atoms with Gasteiger partial charge in [-0.1, -0.05) is 11.6 Å². The number of halogens is 1. The Morgan fingerprint density at radius 1 is 1.44 bits per heavy atom. The third-order valence-electron chi connectivity index (χ3n) is 2.01. The number of carbonyl (C=O) groups is 1. The lowest BCUT2D eigenvalue weighted by Crippen LogP contribution is -2.13. The van der Waals surface area contributed by atoms with Crippen LogP contribution in [0.3, 0.4) is 0 Å². The monoisotopic (exact) mass is 267 g/mol. The summed E-state index contributed by atoms with van der Waals surface area (Å²) in [4.78, 5) is 25.4. The van der Waals surface area contributed by atoms with Crippen molar-refractivity contribution in [3.63, 3.8) is 0 Å². The van der Waals surface area contributed by atoms with Crippen molar-refractivity contribution >= 4 is 29.0 Å². The Balaban J connectivity index is 2.31. The van der Waals surface area contributed by atoms with Gasteiger partial charge in [-0.25, -0.2) is 4.98 Å². The van der Waals surface area contributed by atoms with Crippen molar-refractivity contribution in [3.8, 4) is 0 Å². The van der Waals surface area contributed by atoms with Gasteiger partial charge in [0.1, 0.15) is 5.15 Å². The maximum Gasteiger partial charge on any atom is 0.311 e.